The van der Waals surface area contributed by atoms with E-state index < -0.39 is 11.4 Å². The monoisotopic (exact) mass is 266 g/mol. The lowest BCUT2D eigenvalue weighted by atomic mass is 9.70. The van der Waals surface area contributed by atoms with Gasteiger partial charge in [-0.2, -0.15) is 0 Å². The molecule has 0 aromatic heterocycles. The van der Waals surface area contributed by atoms with Crippen molar-refractivity contribution in [2.75, 3.05) is 0 Å². The van der Waals surface area contributed by atoms with Crippen LogP contribution in [0.15, 0.2) is 24.3 Å². The Hall–Kier alpha value is -1.35. The molecule has 0 heterocycles. The van der Waals surface area contributed by atoms with Crippen molar-refractivity contribution in [3.8, 4) is 0 Å². The molecule has 0 bridgehead atoms. The summed E-state index contributed by atoms with van der Waals surface area (Å²) < 4.78 is 0. The Kier molecular flexibility index (Phi) is 3.71. The second kappa shape index (κ2) is 5.11. The van der Waals surface area contributed by atoms with Crippen molar-refractivity contribution in [1.29, 1.82) is 0 Å². The first kappa shape index (κ1) is 13.1. The molecule has 96 valence electrons. The van der Waals surface area contributed by atoms with Gasteiger partial charge in [-0.1, -0.05) is 31.4 Å². The van der Waals surface area contributed by atoms with Gasteiger partial charge in [-0.05, 0) is 42.1 Å². The van der Waals surface area contributed by atoms with Crippen molar-refractivity contribution < 1.29 is 14.7 Å². The van der Waals surface area contributed by atoms with Crippen molar-refractivity contribution in [3.63, 3.8) is 0 Å². The summed E-state index contributed by atoms with van der Waals surface area (Å²) in [7, 11) is 0. The molecule has 0 amide bonds. The number of benzene rings is 1. The van der Waals surface area contributed by atoms with Gasteiger partial charge in [0.1, 0.15) is 0 Å². The van der Waals surface area contributed by atoms with Crippen LogP contribution in [-0.2, 0) is 10.2 Å². The smallest absolute Gasteiger partial charge is 0.335 e. The highest BCUT2D eigenvalue weighted by molar-refractivity contribution is 6.65. The number of hydrogen-bond donors (Lipinski definition) is 1. The van der Waals surface area contributed by atoms with Crippen LogP contribution in [0.3, 0.4) is 0 Å². The molecule has 0 radical (unpaired) electrons. The Morgan fingerprint density at radius 1 is 1.06 bits per heavy atom. The molecule has 0 saturated heterocycles. The standard InChI is InChI=1S/C14H15ClO3/c15-13(18)14(8-2-1-3-9-14)11-6-4-10(5-7-11)12(16)17/h4-7H,1-3,8-9H2,(H,16,17). The number of carboxylic acid groups (broad SMARTS) is 1. The van der Waals surface area contributed by atoms with Crippen LogP contribution in [-0.4, -0.2) is 16.3 Å². The van der Waals surface area contributed by atoms with Crippen molar-refractivity contribution >= 4 is 22.8 Å². The molecule has 1 aliphatic carbocycles. The van der Waals surface area contributed by atoms with Crippen LogP contribution in [0.4, 0.5) is 0 Å². The van der Waals surface area contributed by atoms with Gasteiger partial charge in [0.25, 0.3) is 0 Å². The lowest BCUT2D eigenvalue weighted by molar-refractivity contribution is -0.117. The van der Waals surface area contributed by atoms with Crippen LogP contribution in [0.2, 0.25) is 0 Å². The third-order valence-corrected chi connectivity index (χ3v) is 4.13. The predicted molar refractivity (Wildman–Crippen MR) is 69.0 cm³/mol. The van der Waals surface area contributed by atoms with Gasteiger partial charge in [0.15, 0.2) is 0 Å². The molecule has 18 heavy (non-hydrogen) atoms. The van der Waals surface area contributed by atoms with Gasteiger partial charge in [0.05, 0.1) is 11.0 Å². The van der Waals surface area contributed by atoms with Gasteiger partial charge in [-0.3, -0.25) is 4.79 Å². The average Bonchev–Trinajstić information content (AvgIpc) is 2.39. The van der Waals surface area contributed by atoms with E-state index in [1.165, 1.54) is 12.1 Å². The Balaban J connectivity index is 2.37. The van der Waals surface area contributed by atoms with Gasteiger partial charge in [0, 0.05) is 0 Å². The van der Waals surface area contributed by atoms with Gasteiger partial charge >= 0.3 is 5.97 Å². The van der Waals surface area contributed by atoms with Crippen molar-refractivity contribution in [2.24, 2.45) is 0 Å². The molecule has 1 fully saturated rings. The fourth-order valence-corrected chi connectivity index (χ4v) is 2.98. The highest BCUT2D eigenvalue weighted by Gasteiger charge is 2.39. The lowest BCUT2D eigenvalue weighted by Crippen LogP contribution is -2.35. The maximum atomic E-state index is 11.8. The van der Waals surface area contributed by atoms with E-state index in [1.54, 1.807) is 12.1 Å². The largest absolute Gasteiger partial charge is 0.478 e. The molecular weight excluding hydrogens is 252 g/mol. The van der Waals surface area contributed by atoms with Crippen LogP contribution in [0.25, 0.3) is 0 Å². The zero-order valence-corrected chi connectivity index (χ0v) is 10.7. The first-order valence-corrected chi connectivity index (χ1v) is 6.48. The summed E-state index contributed by atoms with van der Waals surface area (Å²) in [6.45, 7) is 0. The van der Waals surface area contributed by atoms with Crippen molar-refractivity contribution in [3.05, 3.63) is 35.4 Å². The van der Waals surface area contributed by atoms with Crippen molar-refractivity contribution in [1.82, 2.24) is 0 Å². The number of carbonyl (C=O) groups is 2. The van der Waals surface area contributed by atoms with E-state index >= 15 is 0 Å². The molecule has 4 heteroatoms. The van der Waals surface area contributed by atoms with Crippen LogP contribution >= 0.6 is 11.6 Å². The Morgan fingerprint density at radius 3 is 2.06 bits per heavy atom. The number of rotatable bonds is 3. The summed E-state index contributed by atoms with van der Waals surface area (Å²) in [5.74, 6) is -0.962. The maximum absolute atomic E-state index is 11.8. The zero-order valence-electron chi connectivity index (χ0n) is 9.99. The van der Waals surface area contributed by atoms with E-state index in [2.05, 4.69) is 0 Å². The molecule has 3 nitrogen and oxygen atoms in total. The zero-order chi connectivity index (χ0) is 13.2. The molecule has 0 aliphatic heterocycles. The highest BCUT2D eigenvalue weighted by Crippen LogP contribution is 2.41. The third-order valence-electron chi connectivity index (χ3n) is 3.77. The number of carboxylic acids is 1. The Bertz CT molecular complexity index is 458. The molecule has 1 aromatic rings. The van der Waals surface area contributed by atoms with Crippen LogP contribution < -0.4 is 0 Å². The third kappa shape index (κ3) is 2.27. The minimum Gasteiger partial charge on any atom is -0.478 e. The summed E-state index contributed by atoms with van der Waals surface area (Å²) in [6.07, 6.45) is 4.60. The first-order chi connectivity index (χ1) is 8.56. The number of hydrogen-bond acceptors (Lipinski definition) is 2. The second-order valence-electron chi connectivity index (χ2n) is 4.80. The molecular formula is C14H15ClO3. The van der Waals surface area contributed by atoms with Gasteiger partial charge in [-0.15, -0.1) is 0 Å². The summed E-state index contributed by atoms with van der Waals surface area (Å²) >= 11 is 5.79. The minimum atomic E-state index is -0.962. The SMILES string of the molecule is O=C(O)c1ccc(C2(C(=O)Cl)CCCCC2)cc1. The fraction of sp³-hybridized carbons (Fsp3) is 0.429. The summed E-state index contributed by atoms with van der Waals surface area (Å²) in [4.78, 5) is 22.6. The number of aromatic carboxylic acids is 1. The summed E-state index contributed by atoms with van der Waals surface area (Å²) in [5.41, 5.74) is 0.454. The van der Waals surface area contributed by atoms with Gasteiger partial charge in [0.2, 0.25) is 5.24 Å². The molecule has 1 aliphatic rings. The van der Waals surface area contributed by atoms with E-state index in [4.69, 9.17) is 16.7 Å². The molecule has 1 aromatic carbocycles. The van der Waals surface area contributed by atoms with E-state index in [-0.39, 0.29) is 10.8 Å². The number of carbonyl (C=O) groups excluding carboxylic acids is 1. The lowest BCUT2D eigenvalue weighted by Gasteiger charge is -2.34. The minimum absolute atomic E-state index is 0.228. The molecule has 0 spiro atoms. The van der Waals surface area contributed by atoms with Crippen LogP contribution in [0.1, 0.15) is 48.0 Å². The molecule has 0 unspecified atom stereocenters. The average molecular weight is 267 g/mol. The predicted octanol–water partition coefficient (Wildman–Crippen LogP) is 3.35. The van der Waals surface area contributed by atoms with Gasteiger partial charge in [-0.25, -0.2) is 4.79 Å². The molecule has 2 rings (SSSR count). The summed E-state index contributed by atoms with van der Waals surface area (Å²) in [5, 5.41) is 8.54. The Labute approximate surface area is 111 Å². The van der Waals surface area contributed by atoms with E-state index in [0.29, 0.717) is 0 Å². The van der Waals surface area contributed by atoms with E-state index in [0.717, 1.165) is 37.7 Å². The fourth-order valence-electron chi connectivity index (χ4n) is 2.69. The van der Waals surface area contributed by atoms with Crippen molar-refractivity contribution in [2.45, 2.75) is 37.5 Å². The first-order valence-electron chi connectivity index (χ1n) is 6.10. The highest BCUT2D eigenvalue weighted by atomic mass is 35.5. The van der Waals surface area contributed by atoms with E-state index in [9.17, 15) is 9.59 Å². The van der Waals surface area contributed by atoms with E-state index in [1.807, 2.05) is 0 Å². The number of halogens is 1. The topological polar surface area (TPSA) is 54.4 Å². The molecule has 1 saturated carbocycles. The van der Waals surface area contributed by atoms with Crippen LogP contribution in [0.5, 0.6) is 0 Å². The maximum Gasteiger partial charge on any atom is 0.335 e. The Morgan fingerprint density at radius 2 is 1.61 bits per heavy atom. The van der Waals surface area contributed by atoms with Gasteiger partial charge < -0.3 is 5.11 Å². The molecule has 0 atom stereocenters. The molecule has 1 N–H and O–H groups in total. The van der Waals surface area contributed by atoms with Crippen LogP contribution in [0, 0.1) is 0 Å². The summed E-state index contributed by atoms with van der Waals surface area (Å²) in [6, 6.07) is 6.51. The quantitative estimate of drug-likeness (QED) is 0.854. The normalized spacial score (nSPS) is 18.3. The second-order valence-corrected chi connectivity index (χ2v) is 5.14.